The Bertz CT molecular complexity index is 377. The highest BCUT2D eigenvalue weighted by Gasteiger charge is 2.28. The van der Waals surface area contributed by atoms with Crippen molar-refractivity contribution in [3.63, 3.8) is 0 Å². The van der Waals surface area contributed by atoms with Gasteiger partial charge in [-0.25, -0.2) is 12.7 Å². The summed E-state index contributed by atoms with van der Waals surface area (Å²) in [5.41, 5.74) is 0. The minimum atomic E-state index is -3.56. The maximum absolute atomic E-state index is 12.2. The van der Waals surface area contributed by atoms with Crippen LogP contribution in [0.15, 0.2) is 0 Å². The number of ether oxygens (including phenoxy) is 1. The number of hydrogen-bond donors (Lipinski definition) is 1. The van der Waals surface area contributed by atoms with E-state index in [0.29, 0.717) is 19.0 Å². The topological polar surface area (TPSA) is 75.7 Å². The predicted octanol–water partition coefficient (Wildman–Crippen LogP) is 0.201. The number of piperidine rings is 1. The van der Waals surface area contributed by atoms with Gasteiger partial charge in [-0.2, -0.15) is 0 Å². The molecule has 0 saturated carbocycles. The van der Waals surface area contributed by atoms with E-state index in [2.05, 4.69) is 10.1 Å². The number of esters is 1. The molecular weight excluding hydrogens is 268 g/mol. The van der Waals surface area contributed by atoms with Crippen LogP contribution >= 0.6 is 0 Å². The molecule has 1 unspecified atom stereocenters. The molecule has 0 radical (unpaired) electrons. The van der Waals surface area contributed by atoms with Crippen molar-refractivity contribution in [2.24, 2.45) is 5.92 Å². The van der Waals surface area contributed by atoms with Crippen molar-refractivity contribution in [1.29, 1.82) is 0 Å². The lowest BCUT2D eigenvalue weighted by Crippen LogP contribution is -2.43. The number of nitrogens with zero attached hydrogens (tertiary/aromatic N) is 1. The van der Waals surface area contributed by atoms with E-state index in [1.54, 1.807) is 0 Å². The molecule has 0 amide bonds. The lowest BCUT2D eigenvalue weighted by molar-refractivity contribution is -0.137. The Labute approximate surface area is 115 Å². The fourth-order valence-electron chi connectivity index (χ4n) is 2.26. The average Bonchev–Trinajstić information content (AvgIpc) is 2.39. The number of hydrogen-bond acceptors (Lipinski definition) is 5. The zero-order valence-corrected chi connectivity index (χ0v) is 12.5. The smallest absolute Gasteiger partial charge is 0.322 e. The van der Waals surface area contributed by atoms with Gasteiger partial charge in [0.15, 0.2) is 5.75 Å². The lowest BCUT2D eigenvalue weighted by atomic mass is 10.00. The van der Waals surface area contributed by atoms with Gasteiger partial charge in [0.05, 0.1) is 7.11 Å². The van der Waals surface area contributed by atoms with Crippen molar-refractivity contribution in [1.82, 2.24) is 9.62 Å². The van der Waals surface area contributed by atoms with Crippen molar-refractivity contribution in [3.05, 3.63) is 0 Å². The maximum Gasteiger partial charge on any atom is 0.322 e. The van der Waals surface area contributed by atoms with Gasteiger partial charge in [-0.3, -0.25) is 4.79 Å². The van der Waals surface area contributed by atoms with E-state index >= 15 is 0 Å². The van der Waals surface area contributed by atoms with E-state index in [1.165, 1.54) is 11.4 Å². The normalized spacial score (nSPS) is 20.5. The van der Waals surface area contributed by atoms with Gasteiger partial charge >= 0.3 is 5.97 Å². The third-order valence-electron chi connectivity index (χ3n) is 3.26. The number of carbonyl (C=O) groups is 1. The van der Waals surface area contributed by atoms with E-state index in [-0.39, 0.29) is 0 Å². The van der Waals surface area contributed by atoms with Gasteiger partial charge in [-0.1, -0.05) is 6.92 Å². The number of rotatable bonds is 7. The zero-order valence-electron chi connectivity index (χ0n) is 11.7. The predicted molar refractivity (Wildman–Crippen MR) is 73.3 cm³/mol. The Morgan fingerprint density at radius 2 is 2.21 bits per heavy atom. The van der Waals surface area contributed by atoms with Crippen LogP contribution in [0, 0.1) is 5.92 Å². The Hall–Kier alpha value is -0.660. The molecule has 1 aliphatic rings. The average molecular weight is 292 g/mol. The first kappa shape index (κ1) is 16.4. The van der Waals surface area contributed by atoms with Crippen LogP contribution in [-0.4, -0.2) is 57.7 Å². The van der Waals surface area contributed by atoms with E-state index < -0.39 is 21.7 Å². The second-order valence-corrected chi connectivity index (χ2v) is 6.87. The highest BCUT2D eigenvalue weighted by molar-refractivity contribution is 7.89. The molecule has 1 saturated heterocycles. The van der Waals surface area contributed by atoms with Gasteiger partial charge < -0.3 is 10.1 Å². The van der Waals surface area contributed by atoms with Gasteiger partial charge in [0.1, 0.15) is 0 Å². The Morgan fingerprint density at radius 3 is 2.74 bits per heavy atom. The Morgan fingerprint density at radius 1 is 1.47 bits per heavy atom. The molecule has 112 valence electrons. The first-order valence-corrected chi connectivity index (χ1v) is 8.36. The molecule has 1 rings (SSSR count). The highest BCUT2D eigenvalue weighted by atomic mass is 32.2. The van der Waals surface area contributed by atoms with Gasteiger partial charge in [0.25, 0.3) is 0 Å². The first-order chi connectivity index (χ1) is 8.99. The summed E-state index contributed by atoms with van der Waals surface area (Å²) in [6.45, 7) is 4.71. The molecule has 1 heterocycles. The molecule has 0 bridgehead atoms. The first-order valence-electron chi connectivity index (χ1n) is 6.75. The molecule has 0 aromatic heterocycles. The van der Waals surface area contributed by atoms with Crippen LogP contribution in [0.25, 0.3) is 0 Å². The standard InChI is InChI=1S/C12H24N2O4S/c1-3-7-14(9-11-5-4-6-13-8-11)19(16,17)10-12(15)18-2/h11,13H,3-10H2,1-2H3. The summed E-state index contributed by atoms with van der Waals surface area (Å²) in [5, 5.41) is 3.27. The van der Waals surface area contributed by atoms with Gasteiger partial charge in [0.2, 0.25) is 10.0 Å². The van der Waals surface area contributed by atoms with Crippen molar-refractivity contribution >= 4 is 16.0 Å². The summed E-state index contributed by atoms with van der Waals surface area (Å²) < 4.78 is 30.2. The second kappa shape index (κ2) is 7.81. The summed E-state index contributed by atoms with van der Waals surface area (Å²) in [6, 6.07) is 0. The van der Waals surface area contributed by atoms with Crippen molar-refractivity contribution in [3.8, 4) is 0 Å². The van der Waals surface area contributed by atoms with Crippen LogP contribution in [-0.2, 0) is 19.6 Å². The van der Waals surface area contributed by atoms with E-state index in [9.17, 15) is 13.2 Å². The van der Waals surface area contributed by atoms with Crippen molar-refractivity contribution in [2.75, 3.05) is 39.0 Å². The molecule has 0 aromatic rings. The monoisotopic (exact) mass is 292 g/mol. The number of sulfonamides is 1. The summed E-state index contributed by atoms with van der Waals surface area (Å²) in [5.74, 6) is -0.945. The van der Waals surface area contributed by atoms with E-state index in [0.717, 1.165) is 32.4 Å². The zero-order chi connectivity index (χ0) is 14.3. The molecule has 1 fully saturated rings. The van der Waals surface area contributed by atoms with Gasteiger partial charge in [-0.05, 0) is 38.3 Å². The van der Waals surface area contributed by atoms with Crippen LogP contribution in [0.1, 0.15) is 26.2 Å². The molecule has 1 N–H and O–H groups in total. The molecule has 7 heteroatoms. The molecule has 1 atom stereocenters. The van der Waals surface area contributed by atoms with Crippen LogP contribution < -0.4 is 5.32 Å². The molecular formula is C12H24N2O4S. The minimum Gasteiger partial charge on any atom is -0.468 e. The third-order valence-corrected chi connectivity index (χ3v) is 4.97. The highest BCUT2D eigenvalue weighted by Crippen LogP contribution is 2.15. The van der Waals surface area contributed by atoms with E-state index in [4.69, 9.17) is 0 Å². The molecule has 0 spiro atoms. The van der Waals surface area contributed by atoms with Crippen LogP contribution in [0.3, 0.4) is 0 Å². The molecule has 19 heavy (non-hydrogen) atoms. The van der Waals surface area contributed by atoms with Crippen LogP contribution in [0.2, 0.25) is 0 Å². The summed E-state index contributed by atoms with van der Waals surface area (Å²) >= 11 is 0. The van der Waals surface area contributed by atoms with Crippen molar-refractivity contribution < 1.29 is 17.9 Å². The summed E-state index contributed by atoms with van der Waals surface area (Å²) in [7, 11) is -2.36. The Kier molecular flexibility index (Phi) is 6.74. The molecule has 0 aliphatic carbocycles. The SMILES string of the molecule is CCCN(CC1CCCNC1)S(=O)(=O)CC(=O)OC. The van der Waals surface area contributed by atoms with Crippen LogP contribution in [0.4, 0.5) is 0 Å². The van der Waals surface area contributed by atoms with Gasteiger partial charge in [-0.15, -0.1) is 0 Å². The van der Waals surface area contributed by atoms with Crippen LogP contribution in [0.5, 0.6) is 0 Å². The largest absolute Gasteiger partial charge is 0.468 e. The third kappa shape index (κ3) is 5.46. The Balaban J connectivity index is 2.66. The maximum atomic E-state index is 12.2. The lowest BCUT2D eigenvalue weighted by Gasteiger charge is -2.29. The van der Waals surface area contributed by atoms with E-state index in [1.807, 2.05) is 6.92 Å². The fourth-order valence-corrected chi connectivity index (χ4v) is 3.76. The van der Waals surface area contributed by atoms with Crippen molar-refractivity contribution in [2.45, 2.75) is 26.2 Å². The van der Waals surface area contributed by atoms with Gasteiger partial charge in [0, 0.05) is 13.1 Å². The summed E-state index contributed by atoms with van der Waals surface area (Å²) in [6.07, 6.45) is 2.84. The quantitative estimate of drug-likeness (QED) is 0.679. The molecule has 0 aromatic carbocycles. The number of nitrogens with one attached hydrogen (secondary N) is 1. The second-order valence-electron chi connectivity index (χ2n) is 4.90. The summed E-state index contributed by atoms with van der Waals surface area (Å²) in [4.78, 5) is 11.2. The molecule has 6 nitrogen and oxygen atoms in total. The fraction of sp³-hybridized carbons (Fsp3) is 0.917. The number of methoxy groups -OCH3 is 1. The number of carbonyl (C=O) groups excluding carboxylic acids is 1. The minimum absolute atomic E-state index is 0.327. The molecule has 1 aliphatic heterocycles.